The van der Waals surface area contributed by atoms with Gasteiger partial charge in [-0.25, -0.2) is 0 Å². The van der Waals surface area contributed by atoms with Crippen molar-refractivity contribution in [2.24, 2.45) is 5.10 Å². The van der Waals surface area contributed by atoms with Gasteiger partial charge >= 0.3 is 0 Å². The maximum absolute atomic E-state index is 13.0. The van der Waals surface area contributed by atoms with E-state index >= 15 is 0 Å². The second kappa shape index (κ2) is 8.03. The van der Waals surface area contributed by atoms with Gasteiger partial charge in [0.25, 0.3) is 0 Å². The highest BCUT2D eigenvalue weighted by Gasteiger charge is 2.20. The van der Waals surface area contributed by atoms with Crippen LogP contribution in [0.4, 0.5) is 0 Å². The van der Waals surface area contributed by atoms with Gasteiger partial charge in [-0.2, -0.15) is 5.10 Å². The predicted octanol–water partition coefficient (Wildman–Crippen LogP) is 3.54. The first kappa shape index (κ1) is 17.4. The summed E-state index contributed by atoms with van der Waals surface area (Å²) in [5.74, 6) is -0.00824. The molecule has 2 aromatic carbocycles. The molecule has 0 aromatic heterocycles. The first-order valence-corrected chi connectivity index (χ1v) is 13.7. The zero-order chi connectivity index (χ0) is 16.8. The van der Waals surface area contributed by atoms with Gasteiger partial charge in [-0.05, 0) is 0 Å². The highest BCUT2D eigenvalue weighted by Crippen LogP contribution is 2.12. The first-order valence-electron chi connectivity index (χ1n) is 8.02. The topological polar surface area (TPSA) is 32.7 Å². The molecule has 0 saturated carbocycles. The summed E-state index contributed by atoms with van der Waals surface area (Å²) in [6.45, 7) is 9.02. The number of Topliss-reactive ketones (excluding diaryl/α,β-unsaturated/α-hetero) is 1. The van der Waals surface area contributed by atoms with Crippen molar-refractivity contribution in [3.63, 3.8) is 0 Å². The van der Waals surface area contributed by atoms with E-state index in [9.17, 15) is 4.79 Å². The maximum Gasteiger partial charge on any atom is 0.213 e. The van der Waals surface area contributed by atoms with Crippen LogP contribution in [0.2, 0.25) is 26.2 Å². The van der Waals surface area contributed by atoms with Crippen molar-refractivity contribution in [3.8, 4) is 0 Å². The van der Waals surface area contributed by atoms with Crippen molar-refractivity contribution in [3.05, 3.63) is 71.8 Å². The van der Waals surface area contributed by atoms with Gasteiger partial charge in [0, 0.05) is 11.1 Å². The Morgan fingerprint density at radius 3 is 1.65 bits per heavy atom. The first-order chi connectivity index (χ1) is 11.0. The normalized spacial score (nSPS) is 11.8. The molecular formula is C18H24N2OSi2. The quantitative estimate of drug-likeness (QED) is 0.349. The Morgan fingerprint density at radius 2 is 1.22 bits per heavy atom. The monoisotopic (exact) mass is 340 g/mol. The predicted molar refractivity (Wildman–Crippen MR) is 103 cm³/mol. The fraction of sp³-hybridized carbons (Fsp3) is 0.222. The lowest BCUT2D eigenvalue weighted by Gasteiger charge is -2.28. The fourth-order valence-electron chi connectivity index (χ4n) is 2.50. The summed E-state index contributed by atoms with van der Waals surface area (Å²) in [4.78, 5) is 13.0. The third kappa shape index (κ3) is 4.49. The molecule has 0 atom stereocenters. The molecule has 23 heavy (non-hydrogen) atoms. The van der Waals surface area contributed by atoms with E-state index in [1.165, 1.54) is 0 Å². The number of benzene rings is 2. The van der Waals surface area contributed by atoms with E-state index in [0.29, 0.717) is 11.3 Å². The Labute approximate surface area is 142 Å². The van der Waals surface area contributed by atoms with Crippen LogP contribution in [-0.2, 0) is 0 Å². The van der Waals surface area contributed by atoms with Gasteiger partial charge in [-0.15, -0.1) is 0 Å². The average Bonchev–Trinajstić information content (AvgIpc) is 2.56. The van der Waals surface area contributed by atoms with Crippen LogP contribution >= 0.6 is 0 Å². The summed E-state index contributed by atoms with van der Waals surface area (Å²) in [5.41, 5.74) is 2.13. The van der Waals surface area contributed by atoms with Gasteiger partial charge in [0.2, 0.25) is 5.78 Å². The second-order valence-corrected chi connectivity index (χ2v) is 12.1. The number of carbonyl (C=O) groups is 1. The molecule has 2 aromatic rings. The Bertz CT molecular complexity index is 662. The van der Waals surface area contributed by atoms with Gasteiger partial charge in [0.1, 0.15) is 23.6 Å². The molecule has 0 unspecified atom stereocenters. The Morgan fingerprint density at radius 1 is 0.783 bits per heavy atom. The van der Waals surface area contributed by atoms with Crippen LogP contribution in [0.25, 0.3) is 0 Å². The number of rotatable bonds is 6. The summed E-state index contributed by atoms with van der Waals surface area (Å²) < 4.78 is 2.25. The van der Waals surface area contributed by atoms with Gasteiger partial charge in [0.05, 0.1) is 0 Å². The van der Waals surface area contributed by atoms with Crippen LogP contribution in [0.5, 0.6) is 0 Å². The molecule has 0 radical (unpaired) electrons. The molecule has 0 aliphatic rings. The minimum absolute atomic E-state index is 0.00824. The third-order valence-corrected chi connectivity index (χ3v) is 9.50. The van der Waals surface area contributed by atoms with Crippen LogP contribution in [0.15, 0.2) is 65.8 Å². The molecule has 0 heterocycles. The summed E-state index contributed by atoms with van der Waals surface area (Å²) in [6, 6.07) is 19.2. The fourth-order valence-corrected chi connectivity index (χ4v) is 7.96. The number of hydrogen-bond donors (Lipinski definition) is 0. The molecule has 120 valence electrons. The van der Waals surface area contributed by atoms with Crippen molar-refractivity contribution in [2.45, 2.75) is 26.2 Å². The minimum atomic E-state index is -1.10. The number of nitrogens with zero attached hydrogens (tertiary/aromatic N) is 2. The molecule has 0 bridgehead atoms. The average molecular weight is 341 g/mol. The van der Waals surface area contributed by atoms with E-state index in [0.717, 1.165) is 5.56 Å². The molecule has 0 N–H and O–H groups in total. The molecule has 0 fully saturated rings. The molecule has 0 saturated heterocycles. The van der Waals surface area contributed by atoms with Crippen LogP contribution in [0.3, 0.4) is 0 Å². The molecule has 5 heteroatoms. The van der Waals surface area contributed by atoms with Crippen molar-refractivity contribution >= 4 is 29.4 Å². The van der Waals surface area contributed by atoms with Crippen molar-refractivity contribution < 1.29 is 4.79 Å². The van der Waals surface area contributed by atoms with Gasteiger partial charge in [0.15, 0.2) is 0 Å². The molecule has 0 aliphatic heterocycles. The second-order valence-electron chi connectivity index (χ2n) is 6.08. The summed E-state index contributed by atoms with van der Waals surface area (Å²) in [6.07, 6.45) is 0. The Balaban J connectivity index is 2.50. The maximum atomic E-state index is 13.0. The number of carbonyl (C=O) groups excluding carboxylic acids is 1. The highest BCUT2D eigenvalue weighted by atomic mass is 28.3. The lowest BCUT2D eigenvalue weighted by molar-refractivity contribution is 0.106. The van der Waals surface area contributed by atoms with Gasteiger partial charge in [-0.3, -0.25) is 4.79 Å². The van der Waals surface area contributed by atoms with E-state index in [4.69, 9.17) is 5.10 Å². The number of ketones is 1. The molecule has 0 spiro atoms. The van der Waals surface area contributed by atoms with Crippen molar-refractivity contribution in [1.29, 1.82) is 0 Å². The molecule has 3 nitrogen and oxygen atoms in total. The summed E-state index contributed by atoms with van der Waals surface area (Å²) in [5, 5.41) is 4.85. The SMILES string of the molecule is C[SiH](C)N(N=C(C(=O)c1ccccc1)c1ccccc1)[SiH](C)C. The zero-order valence-corrected chi connectivity index (χ0v) is 16.5. The van der Waals surface area contributed by atoms with E-state index in [1.54, 1.807) is 0 Å². The van der Waals surface area contributed by atoms with Crippen LogP contribution in [0, 0.1) is 0 Å². The molecule has 0 amide bonds. The number of hydrazone groups is 1. The van der Waals surface area contributed by atoms with E-state index in [1.807, 2.05) is 60.7 Å². The Kier molecular flexibility index (Phi) is 6.07. The lowest BCUT2D eigenvalue weighted by Crippen LogP contribution is -2.40. The van der Waals surface area contributed by atoms with E-state index in [2.05, 4.69) is 30.5 Å². The summed E-state index contributed by atoms with van der Waals surface area (Å²) >= 11 is 0. The highest BCUT2D eigenvalue weighted by molar-refractivity contribution is 6.70. The lowest BCUT2D eigenvalue weighted by atomic mass is 10.0. The molecule has 0 aliphatic carbocycles. The van der Waals surface area contributed by atoms with Gasteiger partial charge in [-0.1, -0.05) is 86.9 Å². The molecular weight excluding hydrogens is 316 g/mol. The smallest absolute Gasteiger partial charge is 0.213 e. The standard InChI is InChI=1S/C18H24N2OSi2/c1-22(2)20(23(3)4)19-17(15-11-7-5-8-12-15)18(21)16-13-9-6-10-14-16/h5-14,22-23H,1-4H3. The van der Waals surface area contributed by atoms with Crippen LogP contribution in [-0.4, -0.2) is 33.8 Å². The third-order valence-electron chi connectivity index (χ3n) is 3.57. The van der Waals surface area contributed by atoms with Gasteiger partial charge < -0.3 is 4.34 Å². The van der Waals surface area contributed by atoms with Crippen LogP contribution < -0.4 is 0 Å². The van der Waals surface area contributed by atoms with E-state index in [-0.39, 0.29) is 5.78 Å². The zero-order valence-electron chi connectivity index (χ0n) is 14.2. The Hall–Kier alpha value is -1.99. The van der Waals surface area contributed by atoms with Crippen molar-refractivity contribution in [1.82, 2.24) is 4.34 Å². The molecule has 2 rings (SSSR count). The largest absolute Gasteiger partial charge is 0.354 e. The van der Waals surface area contributed by atoms with E-state index < -0.39 is 17.9 Å². The van der Waals surface area contributed by atoms with Crippen LogP contribution in [0.1, 0.15) is 15.9 Å². The minimum Gasteiger partial charge on any atom is -0.354 e. The summed E-state index contributed by atoms with van der Waals surface area (Å²) in [7, 11) is -2.21. The number of hydrogen-bond acceptors (Lipinski definition) is 3. The van der Waals surface area contributed by atoms with Crippen molar-refractivity contribution in [2.75, 3.05) is 0 Å².